The molecule has 0 bridgehead atoms. The minimum absolute atomic E-state index is 0.274. The summed E-state index contributed by atoms with van der Waals surface area (Å²) in [4.78, 5) is 0. The first-order valence-corrected chi connectivity index (χ1v) is 7.57. The third kappa shape index (κ3) is 3.58. The molecule has 2 nitrogen and oxygen atoms in total. The van der Waals surface area contributed by atoms with Crippen molar-refractivity contribution < 1.29 is 0 Å². The number of aromatic nitrogens is 2. The van der Waals surface area contributed by atoms with E-state index in [2.05, 4.69) is 21.3 Å². The molecule has 1 aromatic rings. The zero-order valence-electron chi connectivity index (χ0n) is 9.11. The maximum absolute atomic E-state index is 4.27. The van der Waals surface area contributed by atoms with Gasteiger partial charge in [-0.05, 0) is 0 Å². The van der Waals surface area contributed by atoms with Gasteiger partial charge in [-0.1, -0.05) is 0 Å². The van der Waals surface area contributed by atoms with Crippen LogP contribution in [-0.4, -0.2) is 23.9 Å². The third-order valence-corrected chi connectivity index (χ3v) is 4.42. The summed E-state index contributed by atoms with van der Waals surface area (Å²) in [5, 5.41) is 4.27. The molecule has 0 aromatic carbocycles. The normalized spacial score (nSPS) is 21.1. The molecule has 0 fully saturated rings. The summed E-state index contributed by atoms with van der Waals surface area (Å²) in [6, 6.07) is 0. The monoisotopic (exact) mass is 270 g/mol. The summed E-state index contributed by atoms with van der Waals surface area (Å²) in [5.74, 6) is 0. The van der Waals surface area contributed by atoms with Crippen LogP contribution in [0.5, 0.6) is 0 Å². The second kappa shape index (κ2) is 6.24. The SMILES string of the molecule is C1=C\c2[se]nnc2CCCCCCCC/1. The number of hydrogen-bond donors (Lipinski definition) is 0. The second-order valence-electron chi connectivity index (χ2n) is 4.15. The van der Waals surface area contributed by atoms with Gasteiger partial charge in [0.1, 0.15) is 0 Å². The Hall–Kier alpha value is -0.401. The Morgan fingerprint density at radius 2 is 1.80 bits per heavy atom. The predicted octanol–water partition coefficient (Wildman–Crippen LogP) is 2.83. The Kier molecular flexibility index (Phi) is 4.62. The van der Waals surface area contributed by atoms with Gasteiger partial charge in [-0.3, -0.25) is 0 Å². The minimum atomic E-state index is 0.274. The summed E-state index contributed by atoms with van der Waals surface area (Å²) in [7, 11) is 0. The van der Waals surface area contributed by atoms with Gasteiger partial charge in [-0.2, -0.15) is 0 Å². The Bertz CT molecular complexity index is 317. The van der Waals surface area contributed by atoms with Crippen LogP contribution in [0.15, 0.2) is 6.08 Å². The van der Waals surface area contributed by atoms with E-state index in [9.17, 15) is 0 Å². The van der Waals surface area contributed by atoms with Gasteiger partial charge in [0.2, 0.25) is 0 Å². The van der Waals surface area contributed by atoms with Gasteiger partial charge < -0.3 is 0 Å². The number of hydrogen-bond acceptors (Lipinski definition) is 2. The molecule has 15 heavy (non-hydrogen) atoms. The van der Waals surface area contributed by atoms with Gasteiger partial charge in [0.05, 0.1) is 0 Å². The van der Waals surface area contributed by atoms with Gasteiger partial charge in [-0.15, -0.1) is 0 Å². The van der Waals surface area contributed by atoms with Gasteiger partial charge in [0, 0.05) is 0 Å². The van der Waals surface area contributed by atoms with Crippen molar-refractivity contribution in [2.75, 3.05) is 0 Å². The molecule has 0 atom stereocenters. The molecule has 0 radical (unpaired) electrons. The second-order valence-corrected chi connectivity index (χ2v) is 5.79. The van der Waals surface area contributed by atoms with Crippen LogP contribution in [0.25, 0.3) is 6.08 Å². The van der Waals surface area contributed by atoms with E-state index in [4.69, 9.17) is 0 Å². The molecule has 0 spiro atoms. The van der Waals surface area contributed by atoms with Crippen molar-refractivity contribution in [2.24, 2.45) is 0 Å². The summed E-state index contributed by atoms with van der Waals surface area (Å²) >= 11 is 0.274. The Balaban J connectivity index is 2.02. The number of nitrogens with zero attached hydrogens (tertiary/aromatic N) is 2. The van der Waals surface area contributed by atoms with E-state index in [1.807, 2.05) is 0 Å². The molecule has 2 rings (SSSR count). The van der Waals surface area contributed by atoms with Crippen LogP contribution < -0.4 is 0 Å². The van der Waals surface area contributed by atoms with Gasteiger partial charge in [-0.25, -0.2) is 0 Å². The molecule has 1 aromatic heterocycles. The summed E-state index contributed by atoms with van der Waals surface area (Å²) in [6.07, 6.45) is 15.2. The van der Waals surface area contributed by atoms with E-state index >= 15 is 0 Å². The van der Waals surface area contributed by atoms with Crippen LogP contribution in [0.1, 0.15) is 55.1 Å². The molecule has 0 saturated heterocycles. The fourth-order valence-corrected chi connectivity index (χ4v) is 3.30. The molecule has 1 aliphatic rings. The fraction of sp³-hybridized carbons (Fsp3) is 0.667. The van der Waals surface area contributed by atoms with E-state index < -0.39 is 0 Å². The van der Waals surface area contributed by atoms with Crippen LogP contribution >= 0.6 is 0 Å². The maximum atomic E-state index is 4.27. The molecule has 82 valence electrons. The first-order chi connectivity index (χ1) is 7.47. The topological polar surface area (TPSA) is 25.8 Å². The molecule has 0 N–H and O–H groups in total. The fourth-order valence-electron chi connectivity index (χ4n) is 1.97. The molecule has 1 heterocycles. The first-order valence-electron chi connectivity index (χ1n) is 5.94. The number of allylic oxidation sites excluding steroid dienone is 1. The quantitative estimate of drug-likeness (QED) is 0.677. The molecule has 3 heteroatoms. The van der Waals surface area contributed by atoms with Crippen LogP contribution in [0, 0.1) is 0 Å². The number of fused-ring (bicyclic) bond motifs is 1. The van der Waals surface area contributed by atoms with E-state index in [-0.39, 0.29) is 14.7 Å². The average molecular weight is 269 g/mol. The Labute approximate surface area is 97.8 Å². The van der Waals surface area contributed by atoms with Crippen molar-refractivity contribution in [3.05, 3.63) is 16.2 Å². The number of rotatable bonds is 0. The van der Waals surface area contributed by atoms with Gasteiger partial charge in [0.25, 0.3) is 0 Å². The summed E-state index contributed by atoms with van der Waals surface area (Å²) in [6.45, 7) is 0. The Morgan fingerprint density at radius 1 is 1.00 bits per heavy atom. The van der Waals surface area contributed by atoms with E-state index in [1.54, 1.807) is 0 Å². The van der Waals surface area contributed by atoms with Crippen LogP contribution in [0.3, 0.4) is 0 Å². The van der Waals surface area contributed by atoms with Crippen LogP contribution in [0.2, 0.25) is 0 Å². The van der Waals surface area contributed by atoms with Crippen molar-refractivity contribution in [3.8, 4) is 0 Å². The van der Waals surface area contributed by atoms with Crippen LogP contribution in [0.4, 0.5) is 0 Å². The number of aryl methyl sites for hydroxylation is 1. The third-order valence-electron chi connectivity index (χ3n) is 2.89. The zero-order chi connectivity index (χ0) is 10.3. The molecular weight excluding hydrogens is 251 g/mol. The van der Waals surface area contributed by atoms with E-state index in [1.165, 1.54) is 55.1 Å². The van der Waals surface area contributed by atoms with Gasteiger partial charge >= 0.3 is 97.6 Å². The molecular formula is C12H18N2Se. The predicted molar refractivity (Wildman–Crippen MR) is 64.0 cm³/mol. The molecule has 1 aliphatic carbocycles. The standard InChI is InChI=1S/C12H18N2Se/c1-2-4-6-8-10-12-11(13-14-15-12)9-7-5-3-1/h8,10H,1-7,9H2/b10-8-. The average Bonchev–Trinajstić information content (AvgIpc) is 2.65. The molecule has 0 saturated carbocycles. The van der Waals surface area contributed by atoms with Crippen LogP contribution in [-0.2, 0) is 6.42 Å². The van der Waals surface area contributed by atoms with E-state index in [0.29, 0.717) is 0 Å². The van der Waals surface area contributed by atoms with Crippen molar-refractivity contribution >= 4 is 20.8 Å². The molecule has 0 amide bonds. The van der Waals surface area contributed by atoms with Crippen molar-refractivity contribution in [1.82, 2.24) is 9.19 Å². The van der Waals surface area contributed by atoms with Crippen molar-refractivity contribution in [1.29, 1.82) is 0 Å². The molecule has 0 unspecified atom stereocenters. The van der Waals surface area contributed by atoms with E-state index in [0.717, 1.165) is 6.42 Å². The first kappa shape index (κ1) is 11.1. The molecule has 0 aliphatic heterocycles. The Morgan fingerprint density at radius 3 is 2.73 bits per heavy atom. The summed E-state index contributed by atoms with van der Waals surface area (Å²) < 4.78 is 5.60. The van der Waals surface area contributed by atoms with Crippen molar-refractivity contribution in [3.63, 3.8) is 0 Å². The summed E-state index contributed by atoms with van der Waals surface area (Å²) in [5.41, 5.74) is 1.27. The van der Waals surface area contributed by atoms with Gasteiger partial charge in [0.15, 0.2) is 0 Å². The zero-order valence-corrected chi connectivity index (χ0v) is 10.8. The van der Waals surface area contributed by atoms with Crippen molar-refractivity contribution in [2.45, 2.75) is 51.4 Å².